The Labute approximate surface area is 146 Å². The predicted octanol–water partition coefficient (Wildman–Crippen LogP) is 2.02. The van der Waals surface area contributed by atoms with Gasteiger partial charge in [-0.15, -0.1) is 0 Å². The zero-order chi connectivity index (χ0) is 18.8. The van der Waals surface area contributed by atoms with Crippen molar-refractivity contribution in [3.63, 3.8) is 0 Å². The number of hydrogen-bond donors (Lipinski definition) is 0. The van der Waals surface area contributed by atoms with E-state index in [1.807, 2.05) is 0 Å². The zero-order valence-corrected chi connectivity index (χ0v) is 15.2. The second-order valence-corrected chi connectivity index (χ2v) is 8.96. The van der Waals surface area contributed by atoms with Crippen molar-refractivity contribution in [1.29, 1.82) is 0 Å². The van der Waals surface area contributed by atoms with Gasteiger partial charge < -0.3 is 9.64 Å². The van der Waals surface area contributed by atoms with E-state index in [1.165, 1.54) is 4.90 Å². The molecule has 2 rings (SSSR count). The Balaban J connectivity index is 2.00. The Morgan fingerprint density at radius 3 is 2.64 bits per heavy atom. The molecule has 1 unspecified atom stereocenters. The number of amides is 1. The van der Waals surface area contributed by atoms with E-state index in [4.69, 9.17) is 4.74 Å². The molecule has 2 heterocycles. The molecule has 0 N–H and O–H groups in total. The largest absolute Gasteiger partial charge is 0.444 e. The fourth-order valence-corrected chi connectivity index (χ4v) is 4.07. The maximum absolute atomic E-state index is 12.4. The second kappa shape index (κ2) is 6.95. The minimum atomic E-state index is -3.68. The van der Waals surface area contributed by atoms with E-state index < -0.39 is 26.5 Å². The molecule has 0 aliphatic carbocycles. The average molecular weight is 371 g/mol. The first-order valence-corrected chi connectivity index (χ1v) is 9.44. The fourth-order valence-electron chi connectivity index (χ4n) is 2.52. The van der Waals surface area contributed by atoms with Crippen molar-refractivity contribution in [3.05, 3.63) is 28.4 Å². The summed E-state index contributed by atoms with van der Waals surface area (Å²) in [5, 5.41) is 10.4. The molecular weight excluding hydrogens is 350 g/mol. The predicted molar refractivity (Wildman–Crippen MR) is 88.9 cm³/mol. The first-order valence-electron chi connectivity index (χ1n) is 7.79. The minimum absolute atomic E-state index is 0.170. The van der Waals surface area contributed by atoms with Crippen LogP contribution >= 0.6 is 0 Å². The Morgan fingerprint density at radius 1 is 1.44 bits per heavy atom. The lowest BCUT2D eigenvalue weighted by molar-refractivity contribution is -0.385. The summed E-state index contributed by atoms with van der Waals surface area (Å²) in [6.45, 7) is 6.03. The molecular formula is C15H21N3O6S. The van der Waals surface area contributed by atoms with Gasteiger partial charge in [-0.25, -0.2) is 18.2 Å². The number of ether oxygens (including phenoxy) is 1. The summed E-state index contributed by atoms with van der Waals surface area (Å²) in [7, 11) is -3.68. The van der Waals surface area contributed by atoms with Crippen LogP contribution in [0.15, 0.2) is 23.4 Å². The zero-order valence-electron chi connectivity index (χ0n) is 14.3. The summed E-state index contributed by atoms with van der Waals surface area (Å²) in [6.07, 6.45) is 1.01. The topological polar surface area (TPSA) is 120 Å². The fraction of sp³-hybridized carbons (Fsp3) is 0.600. The number of aromatic nitrogens is 1. The lowest BCUT2D eigenvalue weighted by Gasteiger charge is -2.24. The van der Waals surface area contributed by atoms with Crippen LogP contribution in [0.2, 0.25) is 0 Å². The Bertz CT molecular complexity index is 754. The van der Waals surface area contributed by atoms with Crippen molar-refractivity contribution in [3.8, 4) is 0 Å². The highest BCUT2D eigenvalue weighted by atomic mass is 32.2. The van der Waals surface area contributed by atoms with E-state index in [0.717, 1.165) is 18.3 Å². The molecule has 1 fully saturated rings. The molecule has 1 aromatic rings. The van der Waals surface area contributed by atoms with Gasteiger partial charge >= 0.3 is 6.09 Å². The van der Waals surface area contributed by atoms with Gasteiger partial charge in [0.1, 0.15) is 11.8 Å². The first kappa shape index (κ1) is 19.1. The van der Waals surface area contributed by atoms with Crippen molar-refractivity contribution in [2.45, 2.75) is 37.8 Å². The van der Waals surface area contributed by atoms with Crippen LogP contribution in [0.5, 0.6) is 0 Å². The van der Waals surface area contributed by atoms with E-state index in [9.17, 15) is 23.3 Å². The highest BCUT2D eigenvalue weighted by molar-refractivity contribution is 7.91. The number of nitro groups is 1. The maximum Gasteiger partial charge on any atom is 0.410 e. The monoisotopic (exact) mass is 371 g/mol. The third-order valence-electron chi connectivity index (χ3n) is 3.64. The van der Waals surface area contributed by atoms with Crippen LogP contribution in [0.25, 0.3) is 0 Å². The third-order valence-corrected chi connectivity index (χ3v) is 5.43. The normalized spacial score (nSPS) is 18.2. The van der Waals surface area contributed by atoms with E-state index in [0.29, 0.717) is 19.5 Å². The second-order valence-electron chi connectivity index (χ2n) is 6.97. The van der Waals surface area contributed by atoms with Gasteiger partial charge in [0.2, 0.25) is 0 Å². The molecule has 0 aromatic carbocycles. The summed E-state index contributed by atoms with van der Waals surface area (Å²) in [5.74, 6) is -0.397. The third kappa shape index (κ3) is 5.12. The molecule has 1 atom stereocenters. The number of carbonyl (C=O) groups is 1. The molecule has 1 aromatic heterocycles. The Kier molecular flexibility index (Phi) is 5.31. The molecule has 0 saturated carbocycles. The number of nitrogens with zero attached hydrogens (tertiary/aromatic N) is 3. The molecule has 1 saturated heterocycles. The van der Waals surface area contributed by atoms with Crippen molar-refractivity contribution >= 4 is 21.6 Å². The summed E-state index contributed by atoms with van der Waals surface area (Å²) < 4.78 is 30.1. The molecule has 1 amide bonds. The smallest absolute Gasteiger partial charge is 0.410 e. The molecule has 1 aliphatic rings. The number of hydrogen-bond acceptors (Lipinski definition) is 7. The number of pyridine rings is 1. The highest BCUT2D eigenvalue weighted by Gasteiger charge is 2.33. The van der Waals surface area contributed by atoms with Crippen LogP contribution in [-0.2, 0) is 14.6 Å². The van der Waals surface area contributed by atoms with Gasteiger partial charge in [-0.2, -0.15) is 0 Å². The molecule has 1 aliphatic heterocycles. The van der Waals surface area contributed by atoms with Gasteiger partial charge in [-0.3, -0.25) is 10.1 Å². The SMILES string of the molecule is CC(C)(C)OC(=O)N1CCC(CS(=O)(=O)c2ccc([N+](=O)[O-])cn2)C1. The van der Waals surface area contributed by atoms with Crippen molar-refractivity contribution in [2.24, 2.45) is 5.92 Å². The Morgan fingerprint density at radius 2 is 2.12 bits per heavy atom. The number of sulfone groups is 1. The van der Waals surface area contributed by atoms with E-state index in [-0.39, 0.29) is 22.4 Å². The van der Waals surface area contributed by atoms with E-state index >= 15 is 0 Å². The van der Waals surface area contributed by atoms with Crippen LogP contribution in [0.4, 0.5) is 10.5 Å². The summed E-state index contributed by atoms with van der Waals surface area (Å²) in [6, 6.07) is 2.25. The van der Waals surface area contributed by atoms with Gasteiger partial charge in [0.25, 0.3) is 5.69 Å². The van der Waals surface area contributed by atoms with Crippen molar-refractivity contribution < 1.29 is 22.9 Å². The van der Waals surface area contributed by atoms with Crippen molar-refractivity contribution in [1.82, 2.24) is 9.88 Å². The van der Waals surface area contributed by atoms with Gasteiger partial charge in [0.05, 0.1) is 10.7 Å². The Hall–Kier alpha value is -2.23. The maximum atomic E-state index is 12.4. The molecule has 25 heavy (non-hydrogen) atoms. The molecule has 9 nitrogen and oxygen atoms in total. The molecule has 0 bridgehead atoms. The van der Waals surface area contributed by atoms with Crippen LogP contribution in [0.1, 0.15) is 27.2 Å². The number of likely N-dealkylation sites (tertiary alicyclic amines) is 1. The summed E-state index contributed by atoms with van der Waals surface area (Å²) in [4.78, 5) is 27.2. The van der Waals surface area contributed by atoms with Crippen LogP contribution in [0.3, 0.4) is 0 Å². The van der Waals surface area contributed by atoms with E-state index in [2.05, 4.69) is 4.98 Å². The molecule has 0 spiro atoms. The van der Waals surface area contributed by atoms with Crippen LogP contribution in [0, 0.1) is 16.0 Å². The summed E-state index contributed by atoms with van der Waals surface area (Å²) >= 11 is 0. The summed E-state index contributed by atoms with van der Waals surface area (Å²) in [5.41, 5.74) is -0.875. The lowest BCUT2D eigenvalue weighted by atomic mass is 10.2. The first-order chi connectivity index (χ1) is 11.5. The molecule has 10 heteroatoms. The molecule has 0 radical (unpaired) electrons. The minimum Gasteiger partial charge on any atom is -0.444 e. The van der Waals surface area contributed by atoms with E-state index in [1.54, 1.807) is 20.8 Å². The van der Waals surface area contributed by atoms with Gasteiger partial charge in [-0.1, -0.05) is 0 Å². The lowest BCUT2D eigenvalue weighted by Crippen LogP contribution is -2.35. The van der Waals surface area contributed by atoms with Gasteiger partial charge in [-0.05, 0) is 39.2 Å². The highest BCUT2D eigenvalue weighted by Crippen LogP contribution is 2.23. The molecule has 138 valence electrons. The van der Waals surface area contributed by atoms with Gasteiger partial charge in [0, 0.05) is 19.2 Å². The van der Waals surface area contributed by atoms with Crippen molar-refractivity contribution in [2.75, 3.05) is 18.8 Å². The number of carbonyl (C=O) groups excluding carboxylic acids is 1. The quantitative estimate of drug-likeness (QED) is 0.586. The van der Waals surface area contributed by atoms with Crippen LogP contribution < -0.4 is 0 Å². The average Bonchev–Trinajstić information content (AvgIpc) is 2.93. The van der Waals surface area contributed by atoms with Gasteiger partial charge in [0.15, 0.2) is 14.9 Å². The van der Waals surface area contributed by atoms with Crippen LogP contribution in [-0.4, -0.2) is 53.8 Å². The standard InChI is InChI=1S/C15H21N3O6S/c1-15(2,3)24-14(19)17-7-6-11(9-17)10-25(22,23)13-5-4-12(8-16-13)18(20)21/h4-5,8,11H,6-7,9-10H2,1-3H3. The number of rotatable bonds is 4.